The van der Waals surface area contributed by atoms with Crippen LogP contribution >= 0.6 is 11.3 Å². The number of benzene rings is 1. The molecule has 2 aromatic heterocycles. The topological polar surface area (TPSA) is 63.9 Å². The fourth-order valence-electron chi connectivity index (χ4n) is 4.38. The number of para-hydroxylation sites is 1. The molecule has 1 saturated heterocycles. The van der Waals surface area contributed by atoms with Gasteiger partial charge in [0.25, 0.3) is 0 Å². The molecular weight excluding hydrogens is 358 g/mol. The van der Waals surface area contributed by atoms with Crippen LogP contribution in [0.3, 0.4) is 0 Å². The Hall–Kier alpha value is -2.28. The molecule has 27 heavy (non-hydrogen) atoms. The Kier molecular flexibility index (Phi) is 4.19. The van der Waals surface area contributed by atoms with Crippen LogP contribution in [0.4, 0.5) is 0 Å². The standard InChI is InChI=1S/C20H23N5OS/c1-13-22-23-18-10-9-14(12-25(13)18)20(26)24-11-5-4-7-16(24)19-21-15-6-2-3-8-17(15)27-19/h2-3,6,8,14,16H,4-5,7,9-12H2,1H3. The highest BCUT2D eigenvalue weighted by Crippen LogP contribution is 2.37. The van der Waals surface area contributed by atoms with Crippen LogP contribution in [0.2, 0.25) is 0 Å². The van der Waals surface area contributed by atoms with Crippen LogP contribution in [0.25, 0.3) is 10.2 Å². The van der Waals surface area contributed by atoms with E-state index in [-0.39, 0.29) is 17.9 Å². The molecule has 6 nitrogen and oxygen atoms in total. The van der Waals surface area contributed by atoms with Gasteiger partial charge < -0.3 is 9.47 Å². The van der Waals surface area contributed by atoms with Gasteiger partial charge >= 0.3 is 0 Å². The number of piperidine rings is 1. The number of likely N-dealkylation sites (tertiary alicyclic amines) is 1. The van der Waals surface area contributed by atoms with Crippen molar-refractivity contribution in [1.29, 1.82) is 0 Å². The summed E-state index contributed by atoms with van der Waals surface area (Å²) in [6, 6.07) is 8.36. The number of nitrogens with zero attached hydrogens (tertiary/aromatic N) is 5. The Bertz CT molecular complexity index is 960. The molecular formula is C20H23N5OS. The van der Waals surface area contributed by atoms with Gasteiger partial charge in [-0.15, -0.1) is 21.5 Å². The number of hydrogen-bond acceptors (Lipinski definition) is 5. The van der Waals surface area contributed by atoms with E-state index in [1.54, 1.807) is 11.3 Å². The van der Waals surface area contributed by atoms with Gasteiger partial charge in [-0.05, 0) is 44.7 Å². The fourth-order valence-corrected chi connectivity index (χ4v) is 5.50. The maximum atomic E-state index is 13.4. The third kappa shape index (κ3) is 2.94. The van der Waals surface area contributed by atoms with Crippen molar-refractivity contribution in [1.82, 2.24) is 24.6 Å². The molecule has 0 N–H and O–H groups in total. The largest absolute Gasteiger partial charge is 0.333 e. The Labute approximate surface area is 162 Å². The lowest BCUT2D eigenvalue weighted by Crippen LogP contribution is -2.44. The van der Waals surface area contributed by atoms with Gasteiger partial charge in [-0.25, -0.2) is 4.98 Å². The monoisotopic (exact) mass is 381 g/mol. The molecule has 0 spiro atoms. The molecule has 0 radical (unpaired) electrons. The van der Waals surface area contributed by atoms with Gasteiger partial charge in [-0.3, -0.25) is 4.79 Å². The maximum absolute atomic E-state index is 13.4. The quantitative estimate of drug-likeness (QED) is 0.681. The Morgan fingerprint density at radius 2 is 2.07 bits per heavy atom. The van der Waals surface area contributed by atoms with Crippen molar-refractivity contribution in [3.05, 3.63) is 40.9 Å². The average Bonchev–Trinajstić information content (AvgIpc) is 3.31. The zero-order valence-corrected chi connectivity index (χ0v) is 16.3. The second-order valence-electron chi connectivity index (χ2n) is 7.57. The number of carbonyl (C=O) groups is 1. The predicted octanol–water partition coefficient (Wildman–Crippen LogP) is 3.51. The number of rotatable bonds is 2. The van der Waals surface area contributed by atoms with E-state index in [4.69, 9.17) is 4.98 Å². The number of thiazole rings is 1. The maximum Gasteiger partial charge on any atom is 0.228 e. The van der Waals surface area contributed by atoms with E-state index < -0.39 is 0 Å². The number of aryl methyl sites for hydroxylation is 2. The Morgan fingerprint density at radius 1 is 1.19 bits per heavy atom. The summed E-state index contributed by atoms with van der Waals surface area (Å²) < 4.78 is 3.32. The first-order valence-corrected chi connectivity index (χ1v) is 10.6. The SMILES string of the molecule is Cc1nnc2n1CC(C(=O)N1CCCCC1c1nc3ccccc3s1)CC2. The van der Waals surface area contributed by atoms with Crippen LogP contribution in [-0.2, 0) is 17.8 Å². The smallest absolute Gasteiger partial charge is 0.228 e. The van der Waals surface area contributed by atoms with Gasteiger partial charge in [0.15, 0.2) is 0 Å². The zero-order chi connectivity index (χ0) is 18.4. The van der Waals surface area contributed by atoms with E-state index in [1.807, 2.05) is 13.0 Å². The number of aromatic nitrogens is 4. The molecule has 7 heteroatoms. The summed E-state index contributed by atoms with van der Waals surface area (Å²) in [7, 11) is 0. The molecule has 0 aliphatic carbocycles. The summed E-state index contributed by atoms with van der Waals surface area (Å²) in [4.78, 5) is 20.4. The van der Waals surface area contributed by atoms with Crippen LogP contribution in [0.1, 0.15) is 48.4 Å². The molecule has 2 unspecified atom stereocenters. The summed E-state index contributed by atoms with van der Waals surface area (Å²) in [6.45, 7) is 3.51. The molecule has 0 bridgehead atoms. The molecule has 140 valence electrons. The first kappa shape index (κ1) is 16.9. The minimum Gasteiger partial charge on any atom is -0.333 e. The van der Waals surface area contributed by atoms with E-state index in [0.29, 0.717) is 6.54 Å². The van der Waals surface area contributed by atoms with Gasteiger partial charge in [0.05, 0.1) is 22.2 Å². The van der Waals surface area contributed by atoms with Crippen molar-refractivity contribution in [2.24, 2.45) is 5.92 Å². The predicted molar refractivity (Wildman–Crippen MR) is 104 cm³/mol. The number of amides is 1. The van der Waals surface area contributed by atoms with Crippen molar-refractivity contribution in [3.63, 3.8) is 0 Å². The van der Waals surface area contributed by atoms with E-state index in [9.17, 15) is 4.79 Å². The van der Waals surface area contributed by atoms with Crippen LogP contribution < -0.4 is 0 Å². The summed E-state index contributed by atoms with van der Waals surface area (Å²) in [6.07, 6.45) is 4.94. The normalized spacial score (nSPS) is 22.8. The third-order valence-corrected chi connectivity index (χ3v) is 7.00. The van der Waals surface area contributed by atoms with Gasteiger partial charge in [-0.1, -0.05) is 12.1 Å². The summed E-state index contributed by atoms with van der Waals surface area (Å²) in [5.41, 5.74) is 1.04. The highest BCUT2D eigenvalue weighted by atomic mass is 32.1. The van der Waals surface area contributed by atoms with Crippen molar-refractivity contribution in [2.45, 2.75) is 51.6 Å². The first-order valence-electron chi connectivity index (χ1n) is 9.75. The highest BCUT2D eigenvalue weighted by Gasteiger charge is 2.36. The second-order valence-corrected chi connectivity index (χ2v) is 8.63. The molecule has 0 saturated carbocycles. The van der Waals surface area contributed by atoms with Crippen LogP contribution in [0, 0.1) is 12.8 Å². The minimum atomic E-state index is 0.0159. The van der Waals surface area contributed by atoms with Crippen LogP contribution in [0.5, 0.6) is 0 Å². The number of fused-ring (bicyclic) bond motifs is 2. The van der Waals surface area contributed by atoms with E-state index >= 15 is 0 Å². The fraction of sp³-hybridized carbons (Fsp3) is 0.500. The van der Waals surface area contributed by atoms with Gasteiger partial charge in [-0.2, -0.15) is 0 Å². The molecule has 2 aliphatic rings. The van der Waals surface area contributed by atoms with Crippen LogP contribution in [-0.4, -0.2) is 37.1 Å². The Balaban J connectivity index is 1.42. The van der Waals surface area contributed by atoms with Crippen molar-refractivity contribution >= 4 is 27.5 Å². The molecule has 5 rings (SSSR count). The minimum absolute atomic E-state index is 0.0159. The van der Waals surface area contributed by atoms with Crippen LogP contribution in [0.15, 0.2) is 24.3 Å². The van der Waals surface area contributed by atoms with E-state index in [2.05, 4.69) is 37.9 Å². The summed E-state index contributed by atoms with van der Waals surface area (Å²) >= 11 is 1.73. The average molecular weight is 382 g/mol. The molecule has 1 fully saturated rings. The first-order chi connectivity index (χ1) is 13.2. The van der Waals surface area contributed by atoms with E-state index in [0.717, 1.165) is 60.8 Å². The number of carbonyl (C=O) groups excluding carboxylic acids is 1. The second kappa shape index (κ2) is 6.71. The zero-order valence-electron chi connectivity index (χ0n) is 15.5. The summed E-state index contributed by atoms with van der Waals surface area (Å²) in [5.74, 6) is 2.21. The number of hydrogen-bond donors (Lipinski definition) is 0. The highest BCUT2D eigenvalue weighted by molar-refractivity contribution is 7.18. The van der Waals surface area contributed by atoms with Crippen molar-refractivity contribution < 1.29 is 4.79 Å². The van der Waals surface area contributed by atoms with E-state index in [1.165, 1.54) is 4.70 Å². The van der Waals surface area contributed by atoms with Gasteiger partial charge in [0.1, 0.15) is 16.7 Å². The lowest BCUT2D eigenvalue weighted by Gasteiger charge is -2.37. The molecule has 2 aliphatic heterocycles. The molecule has 1 amide bonds. The molecule has 2 atom stereocenters. The lowest BCUT2D eigenvalue weighted by atomic mass is 9.94. The molecule has 1 aromatic carbocycles. The van der Waals surface area contributed by atoms with Crippen molar-refractivity contribution in [2.75, 3.05) is 6.54 Å². The van der Waals surface area contributed by atoms with Gasteiger partial charge in [0, 0.05) is 19.5 Å². The molecule has 4 heterocycles. The summed E-state index contributed by atoms with van der Waals surface area (Å²) in [5, 5.41) is 9.48. The van der Waals surface area contributed by atoms with Gasteiger partial charge in [0.2, 0.25) is 5.91 Å². The van der Waals surface area contributed by atoms with Crippen molar-refractivity contribution in [3.8, 4) is 0 Å². The molecule has 3 aromatic rings. The Morgan fingerprint density at radius 3 is 2.96 bits per heavy atom. The lowest BCUT2D eigenvalue weighted by molar-refractivity contribution is -0.140. The third-order valence-electron chi connectivity index (χ3n) is 5.86.